The largest absolute Gasteiger partial charge is 0.480 e. The molecule has 0 aromatic rings. The van der Waals surface area contributed by atoms with Crippen LogP contribution in [0.1, 0.15) is 0 Å². The van der Waals surface area contributed by atoms with Gasteiger partial charge in [-0.05, 0) is 45.8 Å². The molecule has 6 heterocycles. The maximum absolute atomic E-state index is 5.71. The van der Waals surface area contributed by atoms with E-state index >= 15 is 0 Å². The van der Waals surface area contributed by atoms with E-state index in [4.69, 9.17) is 9.47 Å². The van der Waals surface area contributed by atoms with Crippen LogP contribution in [0, 0.1) is 0 Å². The van der Waals surface area contributed by atoms with Gasteiger partial charge in [-0.1, -0.05) is 94.1 Å². The van der Waals surface area contributed by atoms with Crippen LogP contribution in [0.25, 0.3) is 0 Å². The summed E-state index contributed by atoms with van der Waals surface area (Å²) >= 11 is 18.4. The zero-order valence-electron chi connectivity index (χ0n) is 13.6. The third-order valence-corrected chi connectivity index (χ3v) is 16.9. The first-order chi connectivity index (χ1) is 13.8. The Morgan fingerprint density at radius 1 is 0.607 bits per heavy atom. The number of hydrogen-bond acceptors (Lipinski definition) is 12. The minimum absolute atomic E-state index is 0.655. The number of hydrogen-bond donors (Lipinski definition) is 0. The van der Waals surface area contributed by atoms with Crippen LogP contribution in [0.4, 0.5) is 0 Å². The van der Waals surface area contributed by atoms with Gasteiger partial charge in [-0.3, -0.25) is 0 Å². The Morgan fingerprint density at radius 3 is 1.89 bits per heavy atom. The molecule has 0 aromatic carbocycles. The predicted octanol–water partition coefficient (Wildman–Crippen LogP) is 9.09. The van der Waals surface area contributed by atoms with Crippen molar-refractivity contribution in [2.24, 2.45) is 0 Å². The fourth-order valence-corrected chi connectivity index (χ4v) is 15.8. The molecule has 144 valence electrons. The Bertz CT molecular complexity index is 931. The minimum Gasteiger partial charge on any atom is -0.480 e. The first-order valence-corrected chi connectivity index (χ1v) is 16.2. The summed E-state index contributed by atoms with van der Waals surface area (Å²) in [5.74, 6) is 0. The van der Waals surface area contributed by atoms with Gasteiger partial charge >= 0.3 is 0 Å². The van der Waals surface area contributed by atoms with Crippen LogP contribution >= 0.6 is 118 Å². The standard InChI is InChI=1S/C16H8O2S10/c1-2-18-10-9(17-1)25-15(26-10)16-27-13-14(28-16)24-8(23-13)5-7-6-21-12(22-7)11-19-3-4-20-11/h3-6H,1-2H2. The molecule has 0 spiro atoms. The van der Waals surface area contributed by atoms with E-state index in [-0.39, 0.29) is 0 Å². The maximum atomic E-state index is 5.71. The molecular formula is C16H8O2S10. The maximum Gasteiger partial charge on any atom is 0.208 e. The summed E-state index contributed by atoms with van der Waals surface area (Å²) < 4.78 is 21.1. The summed E-state index contributed by atoms with van der Waals surface area (Å²) in [7, 11) is 0. The van der Waals surface area contributed by atoms with E-state index in [1.54, 1.807) is 23.5 Å². The monoisotopic (exact) mass is 552 g/mol. The Labute approximate surface area is 205 Å². The van der Waals surface area contributed by atoms with Gasteiger partial charge in [0.2, 0.25) is 10.2 Å². The highest BCUT2D eigenvalue weighted by molar-refractivity contribution is 8.49. The third kappa shape index (κ3) is 4.04. The Morgan fingerprint density at radius 2 is 1.21 bits per heavy atom. The molecule has 0 amide bonds. The van der Waals surface area contributed by atoms with Crippen molar-refractivity contribution in [2.75, 3.05) is 13.2 Å². The second-order valence-corrected chi connectivity index (χ2v) is 17.0. The van der Waals surface area contributed by atoms with Crippen LogP contribution in [0.15, 0.2) is 67.0 Å². The highest BCUT2D eigenvalue weighted by Crippen LogP contribution is 2.70. The first-order valence-electron chi connectivity index (χ1n) is 7.86. The van der Waals surface area contributed by atoms with Crippen molar-refractivity contribution in [2.45, 2.75) is 0 Å². The highest BCUT2D eigenvalue weighted by Gasteiger charge is 2.36. The molecule has 0 saturated carbocycles. The van der Waals surface area contributed by atoms with Gasteiger partial charge in [-0.2, -0.15) is 0 Å². The molecule has 0 bridgehead atoms. The van der Waals surface area contributed by atoms with E-state index in [1.807, 2.05) is 94.1 Å². The number of rotatable bonds is 1. The lowest BCUT2D eigenvalue weighted by molar-refractivity contribution is 0.0949. The van der Waals surface area contributed by atoms with Crippen LogP contribution in [-0.2, 0) is 9.47 Å². The normalized spacial score (nSPS) is 26.3. The Balaban J connectivity index is 1.09. The smallest absolute Gasteiger partial charge is 0.208 e. The summed E-state index contributed by atoms with van der Waals surface area (Å²) in [4.78, 5) is 1.35. The molecule has 0 atom stereocenters. The minimum atomic E-state index is 0.655. The van der Waals surface area contributed by atoms with Gasteiger partial charge in [0.05, 0.1) is 29.7 Å². The van der Waals surface area contributed by atoms with Crippen LogP contribution in [0.2, 0.25) is 0 Å². The first kappa shape index (κ1) is 19.9. The second-order valence-electron chi connectivity index (χ2n) is 5.32. The summed E-state index contributed by atoms with van der Waals surface area (Å²) in [5.41, 5.74) is 0. The quantitative estimate of drug-likeness (QED) is 0.309. The van der Waals surface area contributed by atoms with Crippen molar-refractivity contribution in [1.82, 2.24) is 0 Å². The lowest BCUT2D eigenvalue weighted by atomic mass is 10.6. The van der Waals surface area contributed by atoms with Crippen molar-refractivity contribution in [3.8, 4) is 0 Å². The lowest BCUT2D eigenvalue weighted by Gasteiger charge is -2.13. The fourth-order valence-electron chi connectivity index (χ4n) is 2.38. The van der Waals surface area contributed by atoms with Gasteiger partial charge in [0.15, 0.2) is 0 Å². The van der Waals surface area contributed by atoms with E-state index in [0.29, 0.717) is 13.2 Å². The Kier molecular flexibility index (Phi) is 6.17. The van der Waals surface area contributed by atoms with Gasteiger partial charge in [0.1, 0.15) is 13.2 Å². The van der Waals surface area contributed by atoms with Gasteiger partial charge in [0.25, 0.3) is 0 Å². The average Bonchev–Trinajstić information content (AvgIpc) is 3.47. The molecule has 0 unspecified atom stereocenters. The molecule has 0 aromatic heterocycles. The molecule has 28 heavy (non-hydrogen) atoms. The Hall–Kier alpha value is 1.28. The summed E-state index contributed by atoms with van der Waals surface area (Å²) in [5, 5.41) is 8.48. The topological polar surface area (TPSA) is 18.5 Å². The number of ether oxygens (including phenoxy) is 2. The van der Waals surface area contributed by atoms with Crippen LogP contribution < -0.4 is 0 Å². The van der Waals surface area contributed by atoms with Gasteiger partial charge in [-0.25, -0.2) is 0 Å². The van der Waals surface area contributed by atoms with E-state index in [2.05, 4.69) is 22.3 Å². The van der Waals surface area contributed by atoms with Crippen molar-refractivity contribution in [3.05, 3.63) is 67.0 Å². The predicted molar refractivity (Wildman–Crippen MR) is 141 cm³/mol. The van der Waals surface area contributed by atoms with E-state index < -0.39 is 0 Å². The summed E-state index contributed by atoms with van der Waals surface area (Å²) in [6, 6.07) is 0. The molecule has 0 aliphatic carbocycles. The SMILES string of the molecule is C1=CSC(=C2SC=C(C=C3SC4=C(S3)SC(=C3SC5=C(OCCO5)S3)S4)S2)S1. The number of thioether (sulfide) groups is 10. The van der Waals surface area contributed by atoms with Crippen molar-refractivity contribution in [3.63, 3.8) is 0 Å². The lowest BCUT2D eigenvalue weighted by Crippen LogP contribution is -2.08. The summed E-state index contributed by atoms with van der Waals surface area (Å²) in [6.45, 7) is 1.31. The summed E-state index contributed by atoms with van der Waals surface area (Å²) in [6.07, 6.45) is 2.34. The van der Waals surface area contributed by atoms with Crippen molar-refractivity contribution >= 4 is 118 Å². The fraction of sp³-hybridized carbons (Fsp3) is 0.125. The average molecular weight is 553 g/mol. The molecule has 6 rings (SSSR count). The molecule has 2 nitrogen and oxygen atoms in total. The molecular weight excluding hydrogens is 545 g/mol. The molecule has 6 aliphatic heterocycles. The van der Waals surface area contributed by atoms with E-state index in [1.165, 1.54) is 34.6 Å². The van der Waals surface area contributed by atoms with Gasteiger partial charge < -0.3 is 9.47 Å². The molecule has 6 aliphatic rings. The second kappa shape index (κ2) is 8.67. The molecule has 0 saturated heterocycles. The van der Waals surface area contributed by atoms with Crippen molar-refractivity contribution < 1.29 is 9.47 Å². The van der Waals surface area contributed by atoms with Gasteiger partial charge in [-0.15, -0.1) is 0 Å². The zero-order valence-corrected chi connectivity index (χ0v) is 21.8. The highest BCUT2D eigenvalue weighted by atomic mass is 32.3. The van der Waals surface area contributed by atoms with Crippen LogP contribution in [0.5, 0.6) is 0 Å². The van der Waals surface area contributed by atoms with Crippen LogP contribution in [0.3, 0.4) is 0 Å². The number of allylic oxidation sites excluding steroid dienone is 1. The molecule has 12 heteroatoms. The third-order valence-electron chi connectivity index (χ3n) is 3.50. The zero-order chi connectivity index (χ0) is 18.5. The molecule has 0 N–H and O–H groups in total. The van der Waals surface area contributed by atoms with E-state index in [9.17, 15) is 0 Å². The van der Waals surface area contributed by atoms with Crippen molar-refractivity contribution in [1.29, 1.82) is 0 Å². The van der Waals surface area contributed by atoms with E-state index in [0.717, 1.165) is 10.2 Å². The van der Waals surface area contributed by atoms with Gasteiger partial charge in [0, 0.05) is 4.91 Å². The van der Waals surface area contributed by atoms with Crippen LogP contribution in [-0.4, -0.2) is 13.2 Å². The molecule has 0 fully saturated rings. The molecule has 0 radical (unpaired) electrons.